The summed E-state index contributed by atoms with van der Waals surface area (Å²) in [7, 11) is 0. The monoisotopic (exact) mass is 352 g/mol. The summed E-state index contributed by atoms with van der Waals surface area (Å²) in [5.41, 5.74) is 7.22. The number of nitrogens with two attached hydrogens (primary N) is 1. The fourth-order valence-electron chi connectivity index (χ4n) is 2.65. The van der Waals surface area contributed by atoms with Crippen molar-refractivity contribution in [1.29, 1.82) is 0 Å². The molecule has 2 aromatic carbocycles. The van der Waals surface area contributed by atoms with Crippen molar-refractivity contribution in [1.82, 2.24) is 0 Å². The Morgan fingerprint density at radius 2 is 1.54 bits per heavy atom. The average molecular weight is 352 g/mol. The quantitative estimate of drug-likeness (QED) is 0.663. The van der Waals surface area contributed by atoms with Crippen molar-refractivity contribution < 1.29 is 14.4 Å². The largest absolute Gasteiger partial charge is 0.351 e. The molecule has 1 saturated carbocycles. The molecule has 134 valence electrons. The molecule has 7 nitrogen and oxygen atoms in total. The van der Waals surface area contributed by atoms with Crippen molar-refractivity contribution in [3.05, 3.63) is 54.1 Å². The van der Waals surface area contributed by atoms with Crippen molar-refractivity contribution >= 4 is 34.9 Å². The third-order valence-electron chi connectivity index (χ3n) is 4.25. The lowest BCUT2D eigenvalue weighted by Crippen LogP contribution is -2.19. The first-order chi connectivity index (χ1) is 12.4. The van der Waals surface area contributed by atoms with Gasteiger partial charge in [0, 0.05) is 28.5 Å². The highest BCUT2D eigenvalue weighted by Gasteiger charge is 2.39. The van der Waals surface area contributed by atoms with Crippen LogP contribution in [-0.4, -0.2) is 17.8 Å². The van der Waals surface area contributed by atoms with Crippen molar-refractivity contribution in [3.8, 4) is 0 Å². The smallest absolute Gasteiger partial charge is 0.316 e. The zero-order chi connectivity index (χ0) is 18.7. The number of primary amides is 1. The Bertz CT molecular complexity index is 848. The van der Waals surface area contributed by atoms with Crippen LogP contribution in [0.5, 0.6) is 0 Å². The lowest BCUT2D eigenvalue weighted by atomic mass is 10.1. The Balaban J connectivity index is 1.61. The highest BCUT2D eigenvalue weighted by atomic mass is 16.2. The number of rotatable bonds is 5. The molecule has 2 aromatic rings. The number of hydrogen-bond acceptors (Lipinski definition) is 3. The van der Waals surface area contributed by atoms with Gasteiger partial charge in [0.2, 0.25) is 5.91 Å². The molecule has 0 heterocycles. The second-order valence-electron chi connectivity index (χ2n) is 6.41. The Morgan fingerprint density at radius 1 is 0.923 bits per heavy atom. The van der Waals surface area contributed by atoms with Gasteiger partial charge in [-0.3, -0.25) is 9.59 Å². The van der Waals surface area contributed by atoms with Crippen LogP contribution in [0.15, 0.2) is 48.5 Å². The Kier molecular flexibility index (Phi) is 4.88. The average Bonchev–Trinajstić information content (AvgIpc) is 3.32. The fourth-order valence-corrected chi connectivity index (χ4v) is 2.65. The van der Waals surface area contributed by atoms with Gasteiger partial charge in [-0.05, 0) is 54.8 Å². The Labute approximate surface area is 151 Å². The molecule has 2 unspecified atom stereocenters. The summed E-state index contributed by atoms with van der Waals surface area (Å²) >= 11 is 0. The van der Waals surface area contributed by atoms with Crippen LogP contribution in [0, 0.1) is 11.8 Å². The number of hydrogen-bond donors (Lipinski definition) is 4. The minimum Gasteiger partial charge on any atom is -0.351 e. The summed E-state index contributed by atoms with van der Waals surface area (Å²) in [5, 5.41) is 8.05. The van der Waals surface area contributed by atoms with E-state index in [0.717, 1.165) is 6.42 Å². The van der Waals surface area contributed by atoms with Gasteiger partial charge >= 0.3 is 6.03 Å². The molecule has 3 rings (SSSR count). The van der Waals surface area contributed by atoms with E-state index in [9.17, 15) is 14.4 Å². The highest BCUT2D eigenvalue weighted by Crippen LogP contribution is 2.38. The van der Waals surface area contributed by atoms with Crippen LogP contribution in [0.2, 0.25) is 0 Å². The number of amides is 4. The van der Waals surface area contributed by atoms with Gasteiger partial charge in [-0.25, -0.2) is 4.79 Å². The van der Waals surface area contributed by atoms with Gasteiger partial charge in [-0.2, -0.15) is 0 Å². The number of benzene rings is 2. The molecule has 0 aromatic heterocycles. The maximum Gasteiger partial charge on any atom is 0.316 e. The number of urea groups is 1. The van der Waals surface area contributed by atoms with E-state index >= 15 is 0 Å². The molecule has 0 saturated heterocycles. The lowest BCUT2D eigenvalue weighted by Gasteiger charge is -2.09. The molecular formula is C19H20N4O3. The van der Waals surface area contributed by atoms with E-state index in [-0.39, 0.29) is 17.7 Å². The molecule has 2 atom stereocenters. The molecule has 1 aliphatic rings. The van der Waals surface area contributed by atoms with Crippen LogP contribution in [0.25, 0.3) is 0 Å². The second kappa shape index (κ2) is 7.26. The SMILES string of the molecule is CC1CC1C(=O)Nc1ccc(C(=O)Nc2cccc(NC(N)=O)c2)cc1. The molecule has 5 N–H and O–H groups in total. The fraction of sp³-hybridized carbons (Fsp3) is 0.211. The predicted molar refractivity (Wildman–Crippen MR) is 99.9 cm³/mol. The summed E-state index contributed by atoms with van der Waals surface area (Å²) in [4.78, 5) is 35.1. The van der Waals surface area contributed by atoms with Gasteiger partial charge in [0.1, 0.15) is 0 Å². The first-order valence-corrected chi connectivity index (χ1v) is 8.31. The number of carbonyl (C=O) groups excluding carboxylic acids is 3. The summed E-state index contributed by atoms with van der Waals surface area (Å²) in [5.74, 6) is 0.266. The van der Waals surface area contributed by atoms with Gasteiger partial charge in [-0.1, -0.05) is 13.0 Å². The van der Waals surface area contributed by atoms with Gasteiger partial charge < -0.3 is 21.7 Å². The molecule has 7 heteroatoms. The minimum atomic E-state index is -0.674. The summed E-state index contributed by atoms with van der Waals surface area (Å²) in [6.07, 6.45) is 0.927. The molecule has 0 radical (unpaired) electrons. The van der Waals surface area contributed by atoms with Crippen LogP contribution < -0.4 is 21.7 Å². The van der Waals surface area contributed by atoms with Crippen LogP contribution in [-0.2, 0) is 4.79 Å². The molecule has 1 fully saturated rings. The van der Waals surface area contributed by atoms with Crippen molar-refractivity contribution in [2.45, 2.75) is 13.3 Å². The van der Waals surface area contributed by atoms with Crippen molar-refractivity contribution in [2.75, 3.05) is 16.0 Å². The highest BCUT2D eigenvalue weighted by molar-refractivity contribution is 6.05. The molecular weight excluding hydrogens is 332 g/mol. The van der Waals surface area contributed by atoms with E-state index in [1.54, 1.807) is 48.5 Å². The second-order valence-corrected chi connectivity index (χ2v) is 6.41. The standard InChI is InChI=1S/C19H20N4O3/c1-11-9-16(11)18(25)21-13-7-5-12(6-8-13)17(24)22-14-3-2-4-15(10-14)23-19(20)26/h2-8,10-11,16H,9H2,1H3,(H,21,25)(H,22,24)(H3,20,23,26). The van der Waals surface area contributed by atoms with E-state index in [1.807, 2.05) is 6.92 Å². The van der Waals surface area contributed by atoms with E-state index in [4.69, 9.17) is 5.73 Å². The van der Waals surface area contributed by atoms with Gasteiger partial charge in [0.25, 0.3) is 5.91 Å². The third kappa shape index (κ3) is 4.38. The van der Waals surface area contributed by atoms with Crippen LogP contribution in [0.1, 0.15) is 23.7 Å². The maximum atomic E-state index is 12.3. The molecule has 0 bridgehead atoms. The van der Waals surface area contributed by atoms with Crippen LogP contribution >= 0.6 is 0 Å². The molecule has 0 aliphatic heterocycles. The summed E-state index contributed by atoms with van der Waals surface area (Å²) in [6.45, 7) is 2.05. The molecule has 26 heavy (non-hydrogen) atoms. The van der Waals surface area contributed by atoms with Gasteiger partial charge in [-0.15, -0.1) is 0 Å². The Hall–Kier alpha value is -3.35. The summed E-state index contributed by atoms with van der Waals surface area (Å²) in [6, 6.07) is 12.7. The van der Waals surface area contributed by atoms with E-state index in [0.29, 0.717) is 28.5 Å². The number of nitrogens with one attached hydrogen (secondary N) is 3. The van der Waals surface area contributed by atoms with Crippen LogP contribution in [0.4, 0.5) is 21.9 Å². The lowest BCUT2D eigenvalue weighted by molar-refractivity contribution is -0.117. The van der Waals surface area contributed by atoms with Crippen molar-refractivity contribution in [2.24, 2.45) is 17.6 Å². The van der Waals surface area contributed by atoms with Crippen molar-refractivity contribution in [3.63, 3.8) is 0 Å². The predicted octanol–water partition coefficient (Wildman–Crippen LogP) is 3.02. The molecule has 1 aliphatic carbocycles. The zero-order valence-corrected chi connectivity index (χ0v) is 14.3. The number of anilines is 3. The summed E-state index contributed by atoms with van der Waals surface area (Å²) < 4.78 is 0. The molecule has 0 spiro atoms. The van der Waals surface area contributed by atoms with Gasteiger partial charge in [0.15, 0.2) is 0 Å². The third-order valence-corrected chi connectivity index (χ3v) is 4.25. The molecule has 4 amide bonds. The number of carbonyl (C=O) groups is 3. The topological polar surface area (TPSA) is 113 Å². The van der Waals surface area contributed by atoms with E-state index < -0.39 is 6.03 Å². The maximum absolute atomic E-state index is 12.3. The van der Waals surface area contributed by atoms with E-state index in [1.165, 1.54) is 0 Å². The minimum absolute atomic E-state index is 0.0217. The normalized spacial score (nSPS) is 17.9. The Morgan fingerprint density at radius 3 is 2.12 bits per heavy atom. The van der Waals surface area contributed by atoms with Gasteiger partial charge in [0.05, 0.1) is 0 Å². The zero-order valence-electron chi connectivity index (χ0n) is 14.3. The van der Waals surface area contributed by atoms with Crippen LogP contribution in [0.3, 0.4) is 0 Å². The first-order valence-electron chi connectivity index (χ1n) is 8.31. The first kappa shape index (κ1) is 17.5. The van der Waals surface area contributed by atoms with E-state index in [2.05, 4.69) is 16.0 Å².